The topological polar surface area (TPSA) is 45.2 Å². The summed E-state index contributed by atoms with van der Waals surface area (Å²) in [5, 5.41) is 3.41. The van der Waals surface area contributed by atoms with E-state index in [0.717, 1.165) is 24.2 Å². The molecule has 1 atom stereocenters. The molecule has 2 fully saturated rings. The van der Waals surface area contributed by atoms with E-state index in [9.17, 15) is 4.79 Å². The second kappa shape index (κ2) is 4.11. The first-order valence-corrected chi connectivity index (χ1v) is 6.23. The van der Waals surface area contributed by atoms with Crippen molar-refractivity contribution < 1.29 is 4.79 Å². The van der Waals surface area contributed by atoms with Crippen LogP contribution >= 0.6 is 0 Å². The Kier molecular flexibility index (Phi) is 2.59. The van der Waals surface area contributed by atoms with Gasteiger partial charge in [-0.1, -0.05) is 0 Å². The Morgan fingerprint density at radius 2 is 2.18 bits per heavy atom. The minimum absolute atomic E-state index is 0.0167. The van der Waals surface area contributed by atoms with E-state index in [0.29, 0.717) is 6.04 Å². The van der Waals surface area contributed by atoms with Crippen LogP contribution in [0.4, 0.5) is 5.69 Å². The maximum atomic E-state index is 12.2. The molecular formula is C13H17N3O. The third-order valence-electron chi connectivity index (χ3n) is 3.39. The Balaban J connectivity index is 1.74. The minimum Gasteiger partial charge on any atom is -0.309 e. The number of hydrogen-bond donors (Lipinski definition) is 1. The summed E-state index contributed by atoms with van der Waals surface area (Å²) >= 11 is 0. The number of amides is 1. The quantitative estimate of drug-likeness (QED) is 0.851. The predicted octanol–water partition coefficient (Wildman–Crippen LogP) is 1.25. The van der Waals surface area contributed by atoms with Crippen LogP contribution < -0.4 is 10.2 Å². The first-order chi connectivity index (χ1) is 8.24. The van der Waals surface area contributed by atoms with Crippen molar-refractivity contribution in [3.8, 4) is 0 Å². The average molecular weight is 231 g/mol. The standard InChI is InChI=1S/C13H17N3O/c1-9-6-11(8-14-7-9)16-5-4-12(13(16)17)15-10-2-3-10/h6-8,10,12,15H,2-5H2,1H3. The molecule has 1 aliphatic heterocycles. The van der Waals surface area contributed by atoms with Gasteiger partial charge in [-0.3, -0.25) is 9.78 Å². The summed E-state index contributed by atoms with van der Waals surface area (Å²) < 4.78 is 0. The molecule has 0 spiro atoms. The smallest absolute Gasteiger partial charge is 0.244 e. The Hall–Kier alpha value is -1.42. The monoisotopic (exact) mass is 231 g/mol. The molecule has 0 radical (unpaired) electrons. The number of nitrogens with zero attached hydrogens (tertiary/aromatic N) is 2. The zero-order valence-corrected chi connectivity index (χ0v) is 10.0. The number of nitrogens with one attached hydrogen (secondary N) is 1. The van der Waals surface area contributed by atoms with Crippen molar-refractivity contribution in [1.82, 2.24) is 10.3 Å². The van der Waals surface area contributed by atoms with Crippen molar-refractivity contribution >= 4 is 11.6 Å². The van der Waals surface area contributed by atoms with Gasteiger partial charge in [0.1, 0.15) is 0 Å². The largest absolute Gasteiger partial charge is 0.309 e. The van der Waals surface area contributed by atoms with Gasteiger partial charge in [0.05, 0.1) is 17.9 Å². The van der Waals surface area contributed by atoms with E-state index in [2.05, 4.69) is 10.3 Å². The molecule has 2 heterocycles. The van der Waals surface area contributed by atoms with Crippen LogP contribution in [0.15, 0.2) is 18.5 Å². The van der Waals surface area contributed by atoms with Crippen LogP contribution in [0.3, 0.4) is 0 Å². The van der Waals surface area contributed by atoms with Crippen LogP contribution in [-0.2, 0) is 4.79 Å². The highest BCUT2D eigenvalue weighted by Gasteiger charge is 2.36. The molecule has 1 amide bonds. The predicted molar refractivity (Wildman–Crippen MR) is 65.9 cm³/mol. The maximum absolute atomic E-state index is 12.2. The SMILES string of the molecule is Cc1cncc(N2CCC(NC3CC3)C2=O)c1. The van der Waals surface area contributed by atoms with Gasteiger partial charge in [-0.2, -0.15) is 0 Å². The number of pyridine rings is 1. The van der Waals surface area contributed by atoms with Crippen LogP contribution in [0.1, 0.15) is 24.8 Å². The third kappa shape index (κ3) is 2.17. The first-order valence-electron chi connectivity index (χ1n) is 6.23. The van der Waals surface area contributed by atoms with Crippen molar-refractivity contribution in [2.24, 2.45) is 0 Å². The Bertz CT molecular complexity index is 442. The van der Waals surface area contributed by atoms with E-state index in [1.165, 1.54) is 12.8 Å². The van der Waals surface area contributed by atoms with Crippen LogP contribution in [0.25, 0.3) is 0 Å². The summed E-state index contributed by atoms with van der Waals surface area (Å²) in [7, 11) is 0. The van der Waals surface area contributed by atoms with Crippen molar-refractivity contribution in [3.05, 3.63) is 24.0 Å². The van der Waals surface area contributed by atoms with Crippen LogP contribution in [0.2, 0.25) is 0 Å². The molecule has 0 aromatic carbocycles. The molecule has 1 saturated carbocycles. The van der Waals surface area contributed by atoms with Gasteiger partial charge in [-0.05, 0) is 37.8 Å². The number of carbonyl (C=O) groups excluding carboxylic acids is 1. The fourth-order valence-electron chi connectivity index (χ4n) is 2.31. The summed E-state index contributed by atoms with van der Waals surface area (Å²) in [4.78, 5) is 18.2. The number of rotatable bonds is 3. The van der Waals surface area contributed by atoms with Crippen LogP contribution in [0.5, 0.6) is 0 Å². The molecule has 1 aliphatic carbocycles. The van der Waals surface area contributed by atoms with Gasteiger partial charge in [-0.15, -0.1) is 0 Å². The highest BCUT2D eigenvalue weighted by Crippen LogP contribution is 2.25. The number of carbonyl (C=O) groups is 1. The summed E-state index contributed by atoms with van der Waals surface area (Å²) in [5.74, 6) is 0.198. The molecular weight excluding hydrogens is 214 g/mol. The lowest BCUT2D eigenvalue weighted by molar-refractivity contribution is -0.118. The average Bonchev–Trinajstić information content (AvgIpc) is 3.04. The normalized spacial score (nSPS) is 24.4. The van der Waals surface area contributed by atoms with Gasteiger partial charge in [-0.25, -0.2) is 0 Å². The molecule has 1 N–H and O–H groups in total. The molecule has 3 rings (SSSR count). The lowest BCUT2D eigenvalue weighted by Gasteiger charge is -2.17. The number of aromatic nitrogens is 1. The number of anilines is 1. The minimum atomic E-state index is 0.0167. The Labute approximate surface area is 101 Å². The van der Waals surface area contributed by atoms with Crippen molar-refractivity contribution in [3.63, 3.8) is 0 Å². The maximum Gasteiger partial charge on any atom is 0.244 e. The van der Waals surface area contributed by atoms with E-state index < -0.39 is 0 Å². The number of aryl methyl sites for hydroxylation is 1. The zero-order chi connectivity index (χ0) is 11.8. The first kappa shape index (κ1) is 10.7. The molecule has 1 aromatic heterocycles. The van der Waals surface area contributed by atoms with Crippen molar-refractivity contribution in [2.75, 3.05) is 11.4 Å². The van der Waals surface area contributed by atoms with Gasteiger partial charge < -0.3 is 10.2 Å². The lowest BCUT2D eigenvalue weighted by atomic mass is 10.2. The summed E-state index contributed by atoms with van der Waals surface area (Å²) in [6, 6.07) is 2.62. The van der Waals surface area contributed by atoms with Gasteiger partial charge in [0.2, 0.25) is 5.91 Å². The molecule has 17 heavy (non-hydrogen) atoms. The molecule has 1 unspecified atom stereocenters. The molecule has 4 nitrogen and oxygen atoms in total. The van der Waals surface area contributed by atoms with Gasteiger partial charge in [0, 0.05) is 18.8 Å². The van der Waals surface area contributed by atoms with E-state index >= 15 is 0 Å². The molecule has 4 heteroatoms. The molecule has 1 saturated heterocycles. The third-order valence-corrected chi connectivity index (χ3v) is 3.39. The highest BCUT2D eigenvalue weighted by atomic mass is 16.2. The van der Waals surface area contributed by atoms with Gasteiger partial charge in [0.25, 0.3) is 0 Å². The second-order valence-corrected chi connectivity index (χ2v) is 4.99. The number of hydrogen-bond acceptors (Lipinski definition) is 3. The Morgan fingerprint density at radius 3 is 2.88 bits per heavy atom. The summed E-state index contributed by atoms with van der Waals surface area (Å²) in [5.41, 5.74) is 2.02. The fraction of sp³-hybridized carbons (Fsp3) is 0.538. The molecule has 0 bridgehead atoms. The summed E-state index contributed by atoms with van der Waals surface area (Å²) in [6.45, 7) is 2.80. The molecule has 90 valence electrons. The molecule has 2 aliphatic rings. The second-order valence-electron chi connectivity index (χ2n) is 4.99. The van der Waals surface area contributed by atoms with E-state index in [1.807, 2.05) is 24.1 Å². The van der Waals surface area contributed by atoms with Crippen molar-refractivity contribution in [1.29, 1.82) is 0 Å². The van der Waals surface area contributed by atoms with E-state index in [1.54, 1.807) is 6.20 Å². The zero-order valence-electron chi connectivity index (χ0n) is 10.0. The highest BCUT2D eigenvalue weighted by molar-refractivity contribution is 5.99. The van der Waals surface area contributed by atoms with E-state index in [4.69, 9.17) is 0 Å². The van der Waals surface area contributed by atoms with Gasteiger partial charge >= 0.3 is 0 Å². The van der Waals surface area contributed by atoms with Crippen LogP contribution in [0, 0.1) is 6.92 Å². The summed E-state index contributed by atoms with van der Waals surface area (Å²) in [6.07, 6.45) is 6.92. The van der Waals surface area contributed by atoms with E-state index in [-0.39, 0.29) is 11.9 Å². The van der Waals surface area contributed by atoms with Crippen LogP contribution in [-0.4, -0.2) is 29.5 Å². The van der Waals surface area contributed by atoms with Crippen molar-refractivity contribution in [2.45, 2.75) is 38.3 Å². The molecule has 1 aromatic rings. The fourth-order valence-corrected chi connectivity index (χ4v) is 2.31. The van der Waals surface area contributed by atoms with Gasteiger partial charge in [0.15, 0.2) is 0 Å². The lowest BCUT2D eigenvalue weighted by Crippen LogP contribution is -2.39. The Morgan fingerprint density at radius 1 is 1.35 bits per heavy atom.